The summed E-state index contributed by atoms with van der Waals surface area (Å²) in [5.41, 5.74) is 0. The molecule has 17 heavy (non-hydrogen) atoms. The van der Waals surface area contributed by atoms with E-state index in [1.807, 2.05) is 0 Å². The number of rotatable bonds is 4. The molecule has 2 rings (SSSR count). The molecule has 1 fully saturated rings. The van der Waals surface area contributed by atoms with Crippen molar-refractivity contribution in [1.29, 1.82) is 0 Å². The first-order valence-electron chi connectivity index (χ1n) is 7.02. The van der Waals surface area contributed by atoms with E-state index in [0.717, 1.165) is 11.8 Å². The van der Waals surface area contributed by atoms with Crippen molar-refractivity contribution in [2.24, 2.45) is 11.8 Å². The maximum absolute atomic E-state index is 2.39. The minimum absolute atomic E-state index is 0.802. The van der Waals surface area contributed by atoms with Gasteiger partial charge in [0.05, 0.1) is 0 Å². The first-order valence-corrected chi connectivity index (χ1v) is 7.02. The van der Waals surface area contributed by atoms with Gasteiger partial charge < -0.3 is 0 Å². The standard InChI is InChI=1S/C16H24N/c1-2-6-15-7-9-16(10-8-15)11-14-17-12-4-3-5-13-17/h3-5,11-16H,2,6-10H2,1H3/q+1/b14-11+/t15-,16-. The first kappa shape index (κ1) is 12.3. The van der Waals surface area contributed by atoms with E-state index in [-0.39, 0.29) is 0 Å². The Morgan fingerprint density at radius 1 is 1.06 bits per heavy atom. The molecular formula is C16H24N+. The molecule has 1 saturated carbocycles. The van der Waals surface area contributed by atoms with E-state index in [2.05, 4.69) is 54.4 Å². The maximum Gasteiger partial charge on any atom is 0.174 e. The van der Waals surface area contributed by atoms with E-state index < -0.39 is 0 Å². The Morgan fingerprint density at radius 3 is 2.41 bits per heavy atom. The third-order valence-corrected chi connectivity index (χ3v) is 3.86. The van der Waals surface area contributed by atoms with Crippen LogP contribution in [0.15, 0.2) is 36.7 Å². The molecular weight excluding hydrogens is 206 g/mol. The third-order valence-electron chi connectivity index (χ3n) is 3.86. The zero-order chi connectivity index (χ0) is 11.9. The van der Waals surface area contributed by atoms with Gasteiger partial charge in [0.15, 0.2) is 18.6 Å². The van der Waals surface area contributed by atoms with Crippen LogP contribution in [-0.4, -0.2) is 0 Å². The van der Waals surface area contributed by atoms with Crippen molar-refractivity contribution in [1.82, 2.24) is 0 Å². The van der Waals surface area contributed by atoms with Crippen LogP contribution < -0.4 is 4.57 Å². The van der Waals surface area contributed by atoms with E-state index in [0.29, 0.717) is 0 Å². The van der Waals surface area contributed by atoms with Crippen LogP contribution in [0, 0.1) is 11.8 Å². The molecule has 1 nitrogen and oxygen atoms in total. The Kier molecular flexibility index (Phi) is 4.78. The summed E-state index contributed by atoms with van der Waals surface area (Å²) in [4.78, 5) is 0. The number of aromatic nitrogens is 1. The fourth-order valence-electron chi connectivity index (χ4n) is 2.81. The summed E-state index contributed by atoms with van der Waals surface area (Å²) in [6.45, 7) is 2.30. The number of allylic oxidation sites excluding steroid dienone is 1. The largest absolute Gasteiger partial charge is 0.174 e. The SMILES string of the molecule is CCC[C@H]1CC[C@H](/C=C/[n+]2ccccc2)CC1. The summed E-state index contributed by atoms with van der Waals surface area (Å²) in [5.74, 6) is 1.81. The molecule has 1 aliphatic carbocycles. The van der Waals surface area contributed by atoms with Crippen molar-refractivity contribution < 1.29 is 4.57 Å². The molecule has 92 valence electrons. The Balaban J connectivity index is 1.80. The van der Waals surface area contributed by atoms with E-state index >= 15 is 0 Å². The molecule has 0 N–H and O–H groups in total. The lowest BCUT2D eigenvalue weighted by Gasteiger charge is -2.25. The minimum Gasteiger partial charge on any atom is -0.174 e. The van der Waals surface area contributed by atoms with E-state index in [1.54, 1.807) is 0 Å². The van der Waals surface area contributed by atoms with Crippen molar-refractivity contribution >= 4 is 6.20 Å². The summed E-state index contributed by atoms with van der Waals surface area (Å²) in [6, 6.07) is 6.20. The molecule has 1 aliphatic rings. The Morgan fingerprint density at radius 2 is 1.76 bits per heavy atom. The van der Waals surface area contributed by atoms with Crippen molar-refractivity contribution in [2.75, 3.05) is 0 Å². The van der Waals surface area contributed by atoms with Gasteiger partial charge in [0.2, 0.25) is 0 Å². The number of hydrogen-bond donors (Lipinski definition) is 0. The Labute approximate surface area is 105 Å². The van der Waals surface area contributed by atoms with Gasteiger partial charge in [-0.3, -0.25) is 0 Å². The van der Waals surface area contributed by atoms with E-state index in [9.17, 15) is 0 Å². The van der Waals surface area contributed by atoms with Crippen molar-refractivity contribution in [3.63, 3.8) is 0 Å². The molecule has 0 amide bonds. The molecule has 1 heteroatoms. The van der Waals surface area contributed by atoms with Crippen LogP contribution in [0.5, 0.6) is 0 Å². The van der Waals surface area contributed by atoms with Gasteiger partial charge in [-0.05, 0) is 43.6 Å². The topological polar surface area (TPSA) is 3.88 Å². The van der Waals surface area contributed by atoms with Gasteiger partial charge >= 0.3 is 0 Å². The van der Waals surface area contributed by atoms with Crippen molar-refractivity contribution in [3.8, 4) is 0 Å². The summed E-state index contributed by atoms with van der Waals surface area (Å²) < 4.78 is 2.14. The fourth-order valence-corrected chi connectivity index (χ4v) is 2.81. The van der Waals surface area contributed by atoms with E-state index in [1.165, 1.54) is 38.5 Å². The Bertz CT molecular complexity index is 334. The highest BCUT2D eigenvalue weighted by Gasteiger charge is 2.18. The summed E-state index contributed by atoms with van der Waals surface area (Å²) in [5, 5.41) is 0. The average Bonchev–Trinajstić information content (AvgIpc) is 2.40. The molecule has 0 bridgehead atoms. The second kappa shape index (κ2) is 6.58. The summed E-state index contributed by atoms with van der Waals surface area (Å²) in [7, 11) is 0. The van der Waals surface area contributed by atoms with Crippen LogP contribution in [0.2, 0.25) is 0 Å². The highest BCUT2D eigenvalue weighted by Crippen LogP contribution is 2.31. The average molecular weight is 230 g/mol. The van der Waals surface area contributed by atoms with Crippen LogP contribution in [0.25, 0.3) is 6.20 Å². The predicted molar refractivity (Wildman–Crippen MR) is 72.3 cm³/mol. The zero-order valence-electron chi connectivity index (χ0n) is 10.9. The van der Waals surface area contributed by atoms with Gasteiger partial charge in [-0.25, -0.2) is 0 Å². The number of hydrogen-bond acceptors (Lipinski definition) is 0. The van der Waals surface area contributed by atoms with E-state index in [4.69, 9.17) is 0 Å². The second-order valence-electron chi connectivity index (χ2n) is 5.23. The monoisotopic (exact) mass is 230 g/mol. The quantitative estimate of drug-likeness (QED) is 0.687. The molecule has 1 aromatic heterocycles. The first-order chi connectivity index (χ1) is 8.38. The summed E-state index contributed by atoms with van der Waals surface area (Å²) in [6.07, 6.45) is 17.2. The van der Waals surface area contributed by atoms with Crippen molar-refractivity contribution in [3.05, 3.63) is 36.7 Å². The second-order valence-corrected chi connectivity index (χ2v) is 5.23. The van der Waals surface area contributed by atoms with Gasteiger partial charge in [0.1, 0.15) is 0 Å². The van der Waals surface area contributed by atoms with Crippen LogP contribution in [0.4, 0.5) is 0 Å². The smallest absolute Gasteiger partial charge is 0.174 e. The van der Waals surface area contributed by atoms with Gasteiger partial charge in [0.25, 0.3) is 0 Å². The van der Waals surface area contributed by atoms with Gasteiger partial charge in [-0.1, -0.05) is 25.8 Å². The van der Waals surface area contributed by atoms with Crippen LogP contribution in [0.3, 0.4) is 0 Å². The molecule has 0 saturated heterocycles. The molecule has 1 aromatic rings. The molecule has 0 unspecified atom stereocenters. The molecule has 0 aromatic carbocycles. The molecule has 0 radical (unpaired) electrons. The van der Waals surface area contributed by atoms with Gasteiger partial charge in [-0.15, -0.1) is 0 Å². The lowest BCUT2D eigenvalue weighted by Crippen LogP contribution is -2.24. The molecule has 0 spiro atoms. The number of nitrogens with zero attached hydrogens (tertiary/aromatic N) is 1. The molecule has 0 aliphatic heterocycles. The lowest BCUT2D eigenvalue weighted by atomic mass is 9.80. The zero-order valence-corrected chi connectivity index (χ0v) is 10.9. The lowest BCUT2D eigenvalue weighted by molar-refractivity contribution is -0.568. The highest BCUT2D eigenvalue weighted by molar-refractivity contribution is 5.09. The predicted octanol–water partition coefficient (Wildman–Crippen LogP) is 4.05. The van der Waals surface area contributed by atoms with Gasteiger partial charge in [-0.2, -0.15) is 4.57 Å². The minimum atomic E-state index is 0.802. The Hall–Kier alpha value is -1.11. The van der Waals surface area contributed by atoms with Crippen LogP contribution in [0.1, 0.15) is 45.4 Å². The fraction of sp³-hybridized carbons (Fsp3) is 0.562. The molecule has 1 heterocycles. The highest BCUT2D eigenvalue weighted by atomic mass is 14.9. The molecule has 0 atom stereocenters. The van der Waals surface area contributed by atoms with Gasteiger partial charge in [0, 0.05) is 12.1 Å². The normalized spacial score (nSPS) is 25.2. The maximum atomic E-state index is 2.39. The van der Waals surface area contributed by atoms with Crippen LogP contribution >= 0.6 is 0 Å². The summed E-state index contributed by atoms with van der Waals surface area (Å²) >= 11 is 0. The van der Waals surface area contributed by atoms with Crippen molar-refractivity contribution in [2.45, 2.75) is 45.4 Å². The van der Waals surface area contributed by atoms with Crippen LogP contribution in [-0.2, 0) is 0 Å². The number of pyridine rings is 1. The third kappa shape index (κ3) is 3.99.